The Balaban J connectivity index is 1.18. The van der Waals surface area contributed by atoms with Crippen LogP contribution in [-0.4, -0.2) is 36.2 Å². The number of hydrogen-bond donors (Lipinski definition) is 0. The largest absolute Gasteiger partial charge is 0.490 e. The van der Waals surface area contributed by atoms with Gasteiger partial charge in [0.15, 0.2) is 0 Å². The van der Waals surface area contributed by atoms with Crippen molar-refractivity contribution in [3.8, 4) is 5.75 Å². The van der Waals surface area contributed by atoms with Gasteiger partial charge in [0.1, 0.15) is 32.2 Å². The molecule has 4 rings (SSSR count). The molecular weight excluding hydrogens is 616 g/mol. The Labute approximate surface area is 278 Å². The first-order chi connectivity index (χ1) is 22.7. The third kappa shape index (κ3) is 10.9. The average molecular weight is 651 g/mol. The minimum atomic E-state index is -0.537. The highest BCUT2D eigenvalue weighted by molar-refractivity contribution is 8.14. The van der Waals surface area contributed by atoms with Gasteiger partial charge >= 0.3 is 17.9 Å². The molecule has 240 valence electrons. The van der Waals surface area contributed by atoms with Gasteiger partial charge < -0.3 is 18.9 Å². The van der Waals surface area contributed by atoms with Gasteiger partial charge in [-0.2, -0.15) is 0 Å². The standard InChI is InChI=1S/C38H34O8S/c1-26(2)38(42)47-34-12-8-7-11-33(34)37(41)46-25-30-15-13-28(14-16-30)23-27(3)35(39)44-22-21-43-32-19-17-31(18-20-32)36(40)45-24-29-9-5-4-6-10-29/h4-20,23H,1,21-22,24-25H2,2-3H3/b27-23+. The van der Waals surface area contributed by atoms with E-state index >= 15 is 0 Å². The lowest BCUT2D eigenvalue weighted by Crippen LogP contribution is -2.13. The molecule has 0 fully saturated rings. The molecule has 0 radical (unpaired) electrons. The zero-order valence-corrected chi connectivity index (χ0v) is 26.9. The van der Waals surface area contributed by atoms with Crippen LogP contribution in [0.15, 0.2) is 126 Å². The van der Waals surface area contributed by atoms with E-state index in [1.54, 1.807) is 92.7 Å². The summed E-state index contributed by atoms with van der Waals surface area (Å²) in [5.41, 5.74) is 3.94. The van der Waals surface area contributed by atoms with Crippen LogP contribution in [0.5, 0.6) is 5.75 Å². The summed E-state index contributed by atoms with van der Waals surface area (Å²) in [4.78, 5) is 50.0. The number of carbonyl (C=O) groups excluding carboxylic acids is 4. The van der Waals surface area contributed by atoms with E-state index < -0.39 is 17.9 Å². The van der Waals surface area contributed by atoms with Crippen LogP contribution in [0.1, 0.15) is 51.3 Å². The first kappa shape index (κ1) is 34.5. The van der Waals surface area contributed by atoms with Crippen molar-refractivity contribution in [3.63, 3.8) is 0 Å². The second kappa shape index (κ2) is 17.3. The third-order valence-electron chi connectivity index (χ3n) is 6.60. The molecular formula is C38H34O8S. The smallest absolute Gasteiger partial charge is 0.339 e. The van der Waals surface area contributed by atoms with Crippen LogP contribution >= 0.6 is 11.8 Å². The number of esters is 3. The number of ether oxygens (including phenoxy) is 4. The quantitative estimate of drug-likeness (QED) is 0.0448. The van der Waals surface area contributed by atoms with E-state index in [2.05, 4.69) is 6.58 Å². The second-order valence-electron chi connectivity index (χ2n) is 10.4. The number of benzene rings is 4. The van der Waals surface area contributed by atoms with Gasteiger partial charge in [0.25, 0.3) is 0 Å². The second-order valence-corrected chi connectivity index (χ2v) is 11.4. The minimum Gasteiger partial charge on any atom is -0.490 e. The molecule has 0 aromatic heterocycles. The zero-order valence-electron chi connectivity index (χ0n) is 26.1. The number of carbonyl (C=O) groups is 4. The first-order valence-corrected chi connectivity index (χ1v) is 15.5. The fourth-order valence-electron chi connectivity index (χ4n) is 4.06. The summed E-state index contributed by atoms with van der Waals surface area (Å²) in [6, 6.07) is 29.9. The first-order valence-electron chi connectivity index (χ1n) is 14.7. The SMILES string of the molecule is C=C(C)C(=O)Sc1ccccc1C(=O)OCc1ccc(/C=C(\C)C(=O)OCCOc2ccc(C(=O)OCc3ccccc3)cc2)cc1. The lowest BCUT2D eigenvalue weighted by molar-refractivity contribution is -0.139. The fourth-order valence-corrected chi connectivity index (χ4v) is 4.84. The Kier molecular flexibility index (Phi) is 12.7. The van der Waals surface area contributed by atoms with E-state index in [1.807, 2.05) is 30.3 Å². The van der Waals surface area contributed by atoms with Gasteiger partial charge in [-0.25, -0.2) is 14.4 Å². The minimum absolute atomic E-state index is 0.0399. The van der Waals surface area contributed by atoms with Crippen LogP contribution in [-0.2, 0) is 37.0 Å². The molecule has 8 nitrogen and oxygen atoms in total. The molecule has 0 N–H and O–H groups in total. The predicted octanol–water partition coefficient (Wildman–Crippen LogP) is 7.62. The van der Waals surface area contributed by atoms with Crippen molar-refractivity contribution < 1.29 is 38.1 Å². The van der Waals surface area contributed by atoms with Crippen molar-refractivity contribution in [2.24, 2.45) is 0 Å². The van der Waals surface area contributed by atoms with Crippen molar-refractivity contribution in [2.45, 2.75) is 32.0 Å². The van der Waals surface area contributed by atoms with Gasteiger partial charge in [-0.3, -0.25) is 4.79 Å². The summed E-state index contributed by atoms with van der Waals surface area (Å²) < 4.78 is 21.8. The number of thioether (sulfide) groups is 1. The maximum atomic E-state index is 12.7. The van der Waals surface area contributed by atoms with E-state index in [0.717, 1.165) is 28.5 Å². The van der Waals surface area contributed by atoms with Crippen LogP contribution < -0.4 is 4.74 Å². The normalized spacial score (nSPS) is 10.9. The molecule has 47 heavy (non-hydrogen) atoms. The topological polar surface area (TPSA) is 105 Å². The molecule has 4 aromatic rings. The van der Waals surface area contributed by atoms with Crippen molar-refractivity contribution in [1.29, 1.82) is 0 Å². The molecule has 0 atom stereocenters. The van der Waals surface area contributed by atoms with E-state index in [0.29, 0.717) is 32.9 Å². The van der Waals surface area contributed by atoms with E-state index in [1.165, 1.54) is 0 Å². The molecule has 9 heteroatoms. The Morgan fingerprint density at radius 2 is 1.30 bits per heavy atom. The molecule has 0 aliphatic carbocycles. The number of rotatable bonds is 14. The summed E-state index contributed by atoms with van der Waals surface area (Å²) >= 11 is 0.941. The third-order valence-corrected chi connectivity index (χ3v) is 7.71. The molecule has 0 heterocycles. The number of hydrogen-bond acceptors (Lipinski definition) is 9. The highest BCUT2D eigenvalue weighted by Gasteiger charge is 2.16. The maximum absolute atomic E-state index is 12.7. The van der Waals surface area contributed by atoms with Gasteiger partial charge in [0.2, 0.25) is 5.12 Å². The maximum Gasteiger partial charge on any atom is 0.339 e. The van der Waals surface area contributed by atoms with Crippen molar-refractivity contribution in [2.75, 3.05) is 13.2 Å². The summed E-state index contributed by atoms with van der Waals surface area (Å²) in [6.07, 6.45) is 1.70. The van der Waals surface area contributed by atoms with E-state index in [-0.39, 0.29) is 31.5 Å². The Hall–Kier alpha value is -5.41. The molecule has 0 bridgehead atoms. The van der Waals surface area contributed by atoms with Gasteiger partial charge in [0.05, 0.1) is 11.1 Å². The van der Waals surface area contributed by atoms with E-state index in [9.17, 15) is 19.2 Å². The van der Waals surface area contributed by atoms with Gasteiger partial charge in [-0.05, 0) is 90.3 Å². The van der Waals surface area contributed by atoms with Crippen molar-refractivity contribution in [3.05, 3.63) is 149 Å². The van der Waals surface area contributed by atoms with Crippen LogP contribution in [0.4, 0.5) is 0 Å². The van der Waals surface area contributed by atoms with E-state index in [4.69, 9.17) is 18.9 Å². The summed E-state index contributed by atoms with van der Waals surface area (Å²) in [6.45, 7) is 7.33. The highest BCUT2D eigenvalue weighted by Crippen LogP contribution is 2.26. The van der Waals surface area contributed by atoms with Gasteiger partial charge in [-0.15, -0.1) is 0 Å². The molecule has 0 amide bonds. The Bertz CT molecular complexity index is 1740. The molecule has 0 saturated heterocycles. The summed E-state index contributed by atoms with van der Waals surface area (Å²) in [5.74, 6) is -0.921. The molecule has 0 aliphatic heterocycles. The van der Waals surface area contributed by atoms with Crippen molar-refractivity contribution >= 4 is 40.9 Å². The van der Waals surface area contributed by atoms with Gasteiger partial charge in [-0.1, -0.05) is 73.3 Å². The molecule has 0 aliphatic rings. The lowest BCUT2D eigenvalue weighted by atomic mass is 10.1. The monoisotopic (exact) mass is 650 g/mol. The molecule has 0 saturated carbocycles. The highest BCUT2D eigenvalue weighted by atomic mass is 32.2. The fraction of sp³-hybridized carbons (Fsp3) is 0.158. The predicted molar refractivity (Wildman–Crippen MR) is 180 cm³/mol. The summed E-state index contributed by atoms with van der Waals surface area (Å²) in [5, 5.41) is -0.219. The van der Waals surface area contributed by atoms with Crippen LogP contribution in [0.2, 0.25) is 0 Å². The Morgan fingerprint density at radius 3 is 1.98 bits per heavy atom. The van der Waals surface area contributed by atoms with Gasteiger partial charge in [0, 0.05) is 10.5 Å². The van der Waals surface area contributed by atoms with Crippen LogP contribution in [0.25, 0.3) is 6.08 Å². The van der Waals surface area contributed by atoms with Crippen LogP contribution in [0.3, 0.4) is 0 Å². The van der Waals surface area contributed by atoms with Crippen LogP contribution in [0, 0.1) is 0 Å². The Morgan fingerprint density at radius 1 is 0.681 bits per heavy atom. The molecule has 0 unspecified atom stereocenters. The summed E-state index contributed by atoms with van der Waals surface area (Å²) in [7, 11) is 0. The zero-order chi connectivity index (χ0) is 33.6. The molecule has 4 aromatic carbocycles. The average Bonchev–Trinajstić information content (AvgIpc) is 3.09. The molecule has 0 spiro atoms. The van der Waals surface area contributed by atoms with Crippen molar-refractivity contribution in [1.82, 2.24) is 0 Å². The lowest BCUT2D eigenvalue weighted by Gasteiger charge is -2.10.